The monoisotopic (exact) mass is 196 g/mol. The van der Waals surface area contributed by atoms with Crippen molar-refractivity contribution in [1.82, 2.24) is 9.97 Å². The van der Waals surface area contributed by atoms with Gasteiger partial charge in [-0.3, -0.25) is 4.98 Å². The quantitative estimate of drug-likeness (QED) is 0.692. The standard InChI is InChI=1S/C9H16N2OSi/c1-13(2,3)7-6-12-9-8-10-4-5-11-9/h4-5,8H,6-7H2,1-3H3. The minimum absolute atomic E-state index is 0.626. The molecular formula is C9H16N2OSi. The maximum atomic E-state index is 5.44. The molecule has 3 nitrogen and oxygen atoms in total. The average molecular weight is 196 g/mol. The van der Waals surface area contributed by atoms with Gasteiger partial charge < -0.3 is 4.74 Å². The second-order valence-electron chi connectivity index (χ2n) is 4.20. The molecule has 1 heterocycles. The second kappa shape index (κ2) is 4.37. The van der Waals surface area contributed by atoms with Gasteiger partial charge >= 0.3 is 0 Å². The average Bonchev–Trinajstić information content (AvgIpc) is 2.04. The molecular weight excluding hydrogens is 180 g/mol. The fraction of sp³-hybridized carbons (Fsp3) is 0.556. The van der Waals surface area contributed by atoms with Crippen LogP contribution in [0.25, 0.3) is 0 Å². The Labute approximate surface area is 80.2 Å². The third kappa shape index (κ3) is 4.62. The molecule has 1 aromatic heterocycles. The number of hydrogen-bond donors (Lipinski definition) is 0. The minimum Gasteiger partial charge on any atom is -0.477 e. The van der Waals surface area contributed by atoms with Crippen molar-refractivity contribution in [3.05, 3.63) is 18.6 Å². The molecule has 0 radical (unpaired) electrons. The maximum absolute atomic E-state index is 5.44. The van der Waals surface area contributed by atoms with E-state index in [4.69, 9.17) is 4.74 Å². The first-order valence-corrected chi connectivity index (χ1v) is 8.17. The first kappa shape index (κ1) is 10.2. The summed E-state index contributed by atoms with van der Waals surface area (Å²) >= 11 is 0. The summed E-state index contributed by atoms with van der Waals surface area (Å²) in [5.74, 6) is 0.626. The van der Waals surface area contributed by atoms with Crippen LogP contribution in [0.2, 0.25) is 25.7 Å². The molecule has 0 bridgehead atoms. The van der Waals surface area contributed by atoms with E-state index in [1.807, 2.05) is 0 Å². The summed E-state index contributed by atoms with van der Waals surface area (Å²) in [7, 11) is -0.984. The summed E-state index contributed by atoms with van der Waals surface area (Å²) in [4.78, 5) is 7.95. The van der Waals surface area contributed by atoms with Crippen molar-refractivity contribution in [1.29, 1.82) is 0 Å². The molecule has 0 aliphatic rings. The highest BCUT2D eigenvalue weighted by Crippen LogP contribution is 2.09. The molecule has 0 aromatic carbocycles. The number of ether oxygens (including phenoxy) is 1. The zero-order chi connectivity index (χ0) is 9.73. The topological polar surface area (TPSA) is 35.0 Å². The first-order valence-electron chi connectivity index (χ1n) is 4.47. The smallest absolute Gasteiger partial charge is 0.232 e. The molecule has 0 atom stereocenters. The van der Waals surface area contributed by atoms with E-state index in [2.05, 4.69) is 29.6 Å². The van der Waals surface area contributed by atoms with Gasteiger partial charge in [0, 0.05) is 20.5 Å². The van der Waals surface area contributed by atoms with Gasteiger partial charge in [0.1, 0.15) is 0 Å². The largest absolute Gasteiger partial charge is 0.477 e. The Morgan fingerprint density at radius 3 is 2.62 bits per heavy atom. The molecule has 0 fully saturated rings. The van der Waals surface area contributed by atoms with Crippen LogP contribution in [0.5, 0.6) is 5.88 Å². The van der Waals surface area contributed by atoms with Crippen LogP contribution >= 0.6 is 0 Å². The third-order valence-electron chi connectivity index (χ3n) is 1.64. The molecule has 0 saturated heterocycles. The van der Waals surface area contributed by atoms with E-state index >= 15 is 0 Å². The van der Waals surface area contributed by atoms with Gasteiger partial charge in [-0.15, -0.1) is 0 Å². The van der Waals surface area contributed by atoms with Gasteiger partial charge in [0.25, 0.3) is 0 Å². The van der Waals surface area contributed by atoms with Gasteiger partial charge in [0.2, 0.25) is 5.88 Å². The van der Waals surface area contributed by atoms with Crippen LogP contribution in [0, 0.1) is 0 Å². The summed E-state index contributed by atoms with van der Waals surface area (Å²) in [5.41, 5.74) is 0. The van der Waals surface area contributed by atoms with E-state index in [1.54, 1.807) is 18.6 Å². The van der Waals surface area contributed by atoms with Crippen LogP contribution in [0.1, 0.15) is 0 Å². The van der Waals surface area contributed by atoms with Crippen molar-refractivity contribution in [3.8, 4) is 5.88 Å². The van der Waals surface area contributed by atoms with Gasteiger partial charge in [-0.2, -0.15) is 0 Å². The van der Waals surface area contributed by atoms with E-state index in [0.717, 1.165) is 12.7 Å². The van der Waals surface area contributed by atoms with Crippen molar-refractivity contribution in [3.63, 3.8) is 0 Å². The predicted octanol–water partition coefficient (Wildman–Crippen LogP) is 2.19. The van der Waals surface area contributed by atoms with Crippen LogP contribution in [0.4, 0.5) is 0 Å². The fourth-order valence-electron chi connectivity index (χ4n) is 0.822. The van der Waals surface area contributed by atoms with Crippen molar-refractivity contribution in [2.45, 2.75) is 25.7 Å². The fourth-order valence-corrected chi connectivity index (χ4v) is 1.54. The molecule has 0 spiro atoms. The molecule has 0 amide bonds. The zero-order valence-electron chi connectivity index (χ0n) is 8.45. The lowest BCUT2D eigenvalue weighted by molar-refractivity contribution is 0.323. The van der Waals surface area contributed by atoms with Crippen molar-refractivity contribution < 1.29 is 4.74 Å². The molecule has 1 rings (SSSR count). The number of aromatic nitrogens is 2. The lowest BCUT2D eigenvalue weighted by atomic mass is 10.7. The number of nitrogens with zero attached hydrogens (tertiary/aromatic N) is 2. The van der Waals surface area contributed by atoms with Crippen LogP contribution in [-0.2, 0) is 0 Å². The van der Waals surface area contributed by atoms with Crippen LogP contribution in [0.15, 0.2) is 18.6 Å². The number of hydrogen-bond acceptors (Lipinski definition) is 3. The number of rotatable bonds is 4. The Kier molecular flexibility index (Phi) is 3.42. The molecule has 72 valence electrons. The van der Waals surface area contributed by atoms with Crippen LogP contribution < -0.4 is 4.74 Å². The summed E-state index contributed by atoms with van der Waals surface area (Å²) < 4.78 is 5.44. The lowest BCUT2D eigenvalue weighted by Gasteiger charge is -2.15. The van der Waals surface area contributed by atoms with Crippen molar-refractivity contribution in [2.75, 3.05) is 6.61 Å². The maximum Gasteiger partial charge on any atom is 0.232 e. The first-order chi connectivity index (χ1) is 6.08. The van der Waals surface area contributed by atoms with E-state index in [0.29, 0.717) is 5.88 Å². The third-order valence-corrected chi connectivity index (χ3v) is 3.35. The highest BCUT2D eigenvalue weighted by molar-refractivity contribution is 6.76. The Bertz CT molecular complexity index is 246. The summed E-state index contributed by atoms with van der Waals surface area (Å²) in [6.07, 6.45) is 4.93. The predicted molar refractivity (Wildman–Crippen MR) is 55.7 cm³/mol. The Morgan fingerprint density at radius 1 is 1.31 bits per heavy atom. The molecule has 0 saturated carbocycles. The van der Waals surface area contributed by atoms with Gasteiger partial charge in [-0.25, -0.2) is 4.98 Å². The SMILES string of the molecule is C[Si](C)(C)CCOc1cnccn1. The van der Waals surface area contributed by atoms with E-state index in [-0.39, 0.29) is 0 Å². The molecule has 0 aliphatic heterocycles. The summed E-state index contributed by atoms with van der Waals surface area (Å²) in [5, 5.41) is 0. The Morgan fingerprint density at radius 2 is 2.08 bits per heavy atom. The van der Waals surface area contributed by atoms with Gasteiger partial charge in [0.15, 0.2) is 0 Å². The van der Waals surface area contributed by atoms with Gasteiger partial charge in [0.05, 0.1) is 12.8 Å². The highest BCUT2D eigenvalue weighted by Gasteiger charge is 2.12. The second-order valence-corrected chi connectivity index (χ2v) is 9.82. The minimum atomic E-state index is -0.984. The molecule has 0 N–H and O–H groups in total. The summed E-state index contributed by atoms with van der Waals surface area (Å²) in [6.45, 7) is 7.74. The van der Waals surface area contributed by atoms with E-state index in [1.165, 1.54) is 0 Å². The molecule has 0 aliphatic carbocycles. The van der Waals surface area contributed by atoms with Gasteiger partial charge in [-0.05, 0) is 6.04 Å². The molecule has 13 heavy (non-hydrogen) atoms. The lowest BCUT2D eigenvalue weighted by Crippen LogP contribution is -2.22. The van der Waals surface area contributed by atoms with Crippen molar-refractivity contribution >= 4 is 8.07 Å². The Hall–Kier alpha value is -0.903. The van der Waals surface area contributed by atoms with E-state index in [9.17, 15) is 0 Å². The normalized spacial score (nSPS) is 11.3. The molecule has 1 aromatic rings. The van der Waals surface area contributed by atoms with Gasteiger partial charge in [-0.1, -0.05) is 19.6 Å². The van der Waals surface area contributed by atoms with E-state index < -0.39 is 8.07 Å². The molecule has 0 unspecified atom stereocenters. The Balaban J connectivity index is 2.29. The zero-order valence-corrected chi connectivity index (χ0v) is 9.45. The highest BCUT2D eigenvalue weighted by atomic mass is 28.3. The van der Waals surface area contributed by atoms with Crippen LogP contribution in [-0.4, -0.2) is 24.6 Å². The summed E-state index contributed by atoms with van der Waals surface area (Å²) in [6, 6.07) is 1.16. The van der Waals surface area contributed by atoms with Crippen molar-refractivity contribution in [2.24, 2.45) is 0 Å². The van der Waals surface area contributed by atoms with Crippen LogP contribution in [0.3, 0.4) is 0 Å². The molecule has 4 heteroatoms.